The van der Waals surface area contributed by atoms with Crippen LogP contribution in [0.4, 0.5) is 0 Å². The highest BCUT2D eigenvalue weighted by atomic mass is 28.3. The molecule has 0 heterocycles. The van der Waals surface area contributed by atoms with Gasteiger partial charge < -0.3 is 0 Å². The molecule has 1 aromatic carbocycles. The minimum Gasteiger partial charge on any atom is -0.299 e. The maximum atomic E-state index is 12.7. The van der Waals surface area contributed by atoms with Gasteiger partial charge in [0.1, 0.15) is 5.78 Å². The lowest BCUT2D eigenvalue weighted by molar-refractivity contribution is -0.121. The average molecular weight is 246 g/mol. The highest BCUT2D eigenvalue weighted by Crippen LogP contribution is 2.47. The molecule has 0 saturated heterocycles. The summed E-state index contributed by atoms with van der Waals surface area (Å²) in [7, 11) is -1.36. The van der Waals surface area contributed by atoms with Crippen molar-refractivity contribution in [2.24, 2.45) is 0 Å². The van der Waals surface area contributed by atoms with Gasteiger partial charge in [-0.1, -0.05) is 50.0 Å². The van der Waals surface area contributed by atoms with Crippen molar-refractivity contribution in [2.75, 3.05) is 0 Å². The molecule has 1 aliphatic carbocycles. The molecule has 0 N–H and O–H groups in total. The number of hydrogen-bond donors (Lipinski definition) is 0. The summed E-state index contributed by atoms with van der Waals surface area (Å²) in [6, 6.07) is 10.3. The summed E-state index contributed by atoms with van der Waals surface area (Å²) in [4.78, 5) is 12.7. The summed E-state index contributed by atoms with van der Waals surface area (Å²) in [5, 5.41) is 0. The topological polar surface area (TPSA) is 17.1 Å². The maximum Gasteiger partial charge on any atom is 0.143 e. The third-order valence-electron chi connectivity index (χ3n) is 4.25. The predicted octanol–water partition coefficient (Wildman–Crippen LogP) is 4.02. The lowest BCUT2D eigenvalue weighted by atomic mass is 9.80. The lowest BCUT2D eigenvalue weighted by Gasteiger charge is -2.27. The fraction of sp³-hybridized carbons (Fsp3) is 0.533. The number of hydrogen-bond acceptors (Lipinski definition) is 1. The number of carbonyl (C=O) groups excluding carboxylic acids is 1. The van der Waals surface area contributed by atoms with E-state index < -0.39 is 8.07 Å². The van der Waals surface area contributed by atoms with Crippen LogP contribution >= 0.6 is 0 Å². The maximum absolute atomic E-state index is 12.7. The zero-order chi connectivity index (χ0) is 12.7. The van der Waals surface area contributed by atoms with E-state index in [1.807, 2.05) is 18.2 Å². The molecule has 2 rings (SSSR count). The molecule has 0 spiro atoms. The Morgan fingerprint density at radius 1 is 1.18 bits per heavy atom. The number of Topliss-reactive ketones (excluding diaryl/α,β-unsaturated/α-hetero) is 1. The zero-order valence-electron chi connectivity index (χ0n) is 11.3. The largest absolute Gasteiger partial charge is 0.299 e. The van der Waals surface area contributed by atoms with Crippen molar-refractivity contribution >= 4 is 13.9 Å². The zero-order valence-corrected chi connectivity index (χ0v) is 12.3. The van der Waals surface area contributed by atoms with Gasteiger partial charge in [-0.2, -0.15) is 0 Å². The van der Waals surface area contributed by atoms with Gasteiger partial charge in [-0.25, -0.2) is 0 Å². The van der Waals surface area contributed by atoms with Gasteiger partial charge in [0.15, 0.2) is 0 Å². The monoisotopic (exact) mass is 246 g/mol. The van der Waals surface area contributed by atoms with Crippen LogP contribution < -0.4 is 0 Å². The van der Waals surface area contributed by atoms with Gasteiger partial charge in [0.25, 0.3) is 0 Å². The van der Waals surface area contributed by atoms with Gasteiger partial charge in [0.05, 0.1) is 13.5 Å². The van der Waals surface area contributed by atoms with Gasteiger partial charge in [0.2, 0.25) is 0 Å². The van der Waals surface area contributed by atoms with Gasteiger partial charge in [-0.15, -0.1) is 0 Å². The van der Waals surface area contributed by atoms with E-state index in [0.717, 1.165) is 12.8 Å². The Hall–Kier alpha value is -0.893. The standard InChI is InChI=1S/C15H22OSi/c1-15(12-8-6-5-7-9-12)11-10-13(14(15)16)17(2,3)4/h5-9,13H,10-11H2,1-4H3/t13-,15+/m1/s1. The summed E-state index contributed by atoms with van der Waals surface area (Å²) >= 11 is 0. The molecule has 17 heavy (non-hydrogen) atoms. The third kappa shape index (κ3) is 2.11. The van der Waals surface area contributed by atoms with Crippen molar-refractivity contribution in [2.45, 2.75) is 50.4 Å². The number of ketones is 1. The molecule has 0 unspecified atom stereocenters. The van der Waals surface area contributed by atoms with Gasteiger partial charge >= 0.3 is 0 Å². The fourth-order valence-electron chi connectivity index (χ4n) is 2.99. The molecular formula is C15H22OSi. The summed E-state index contributed by atoms with van der Waals surface area (Å²) in [6.45, 7) is 9.07. The quantitative estimate of drug-likeness (QED) is 0.720. The first kappa shape index (κ1) is 12.6. The van der Waals surface area contributed by atoms with E-state index in [0.29, 0.717) is 11.3 Å². The minimum atomic E-state index is -1.36. The highest BCUT2D eigenvalue weighted by molar-refractivity contribution is 6.80. The van der Waals surface area contributed by atoms with E-state index in [9.17, 15) is 4.79 Å². The SMILES string of the molecule is C[C@@]1(c2ccccc2)CC[C@@H]([Si](C)(C)C)C1=O. The molecule has 1 aliphatic rings. The highest BCUT2D eigenvalue weighted by Gasteiger charge is 2.49. The van der Waals surface area contributed by atoms with Crippen molar-refractivity contribution in [3.63, 3.8) is 0 Å². The lowest BCUT2D eigenvalue weighted by Crippen LogP contribution is -2.37. The normalized spacial score (nSPS) is 29.6. The van der Waals surface area contributed by atoms with Crippen LogP contribution in [0, 0.1) is 0 Å². The Morgan fingerprint density at radius 3 is 2.24 bits per heavy atom. The molecule has 2 atom stereocenters. The smallest absolute Gasteiger partial charge is 0.143 e. The van der Waals surface area contributed by atoms with E-state index in [-0.39, 0.29) is 5.41 Å². The predicted molar refractivity (Wildman–Crippen MR) is 75.1 cm³/mol. The third-order valence-corrected chi connectivity index (χ3v) is 6.89. The van der Waals surface area contributed by atoms with Crippen molar-refractivity contribution in [1.82, 2.24) is 0 Å². The average Bonchev–Trinajstić information content (AvgIpc) is 2.58. The Kier molecular flexibility index (Phi) is 3.02. The fourth-order valence-corrected chi connectivity index (χ4v) is 5.11. The Labute approximate surface area is 105 Å². The van der Waals surface area contributed by atoms with Crippen LogP contribution in [0.5, 0.6) is 0 Å². The van der Waals surface area contributed by atoms with E-state index in [4.69, 9.17) is 0 Å². The summed E-state index contributed by atoms with van der Waals surface area (Å²) in [5.41, 5.74) is 1.31. The van der Waals surface area contributed by atoms with Gasteiger partial charge in [0, 0.05) is 5.54 Å². The van der Waals surface area contributed by atoms with Crippen LogP contribution in [0.15, 0.2) is 30.3 Å². The molecule has 0 bridgehead atoms. The first-order valence-electron chi connectivity index (χ1n) is 6.45. The molecular weight excluding hydrogens is 224 g/mol. The van der Waals surface area contributed by atoms with Crippen LogP contribution in [-0.4, -0.2) is 13.9 Å². The Bertz CT molecular complexity index is 418. The van der Waals surface area contributed by atoms with E-state index in [1.165, 1.54) is 5.56 Å². The Morgan fingerprint density at radius 2 is 1.76 bits per heavy atom. The first-order chi connectivity index (χ1) is 7.86. The van der Waals surface area contributed by atoms with Crippen molar-refractivity contribution in [3.8, 4) is 0 Å². The second-order valence-electron chi connectivity index (χ2n) is 6.52. The molecule has 92 valence electrons. The molecule has 1 saturated carbocycles. The molecule has 0 aliphatic heterocycles. The number of carbonyl (C=O) groups is 1. The molecule has 0 amide bonds. The number of rotatable bonds is 2. The molecule has 1 fully saturated rings. The second-order valence-corrected chi connectivity index (χ2v) is 11.9. The Balaban J connectivity index is 2.34. The van der Waals surface area contributed by atoms with E-state index in [1.54, 1.807) is 0 Å². The minimum absolute atomic E-state index is 0.230. The molecule has 0 radical (unpaired) electrons. The summed E-state index contributed by atoms with van der Waals surface area (Å²) in [5.74, 6) is 0.489. The van der Waals surface area contributed by atoms with E-state index >= 15 is 0 Å². The summed E-state index contributed by atoms with van der Waals surface area (Å²) < 4.78 is 0. The van der Waals surface area contributed by atoms with Crippen LogP contribution in [0.1, 0.15) is 25.3 Å². The van der Waals surface area contributed by atoms with Crippen LogP contribution in [0.2, 0.25) is 25.2 Å². The molecule has 0 aromatic heterocycles. The van der Waals surface area contributed by atoms with Crippen LogP contribution in [0.3, 0.4) is 0 Å². The van der Waals surface area contributed by atoms with E-state index in [2.05, 4.69) is 38.7 Å². The van der Waals surface area contributed by atoms with Crippen LogP contribution in [0.25, 0.3) is 0 Å². The van der Waals surface area contributed by atoms with Gasteiger partial charge in [-0.3, -0.25) is 4.79 Å². The molecule has 1 nitrogen and oxygen atoms in total. The van der Waals surface area contributed by atoms with Gasteiger partial charge in [-0.05, 0) is 25.3 Å². The first-order valence-corrected chi connectivity index (χ1v) is 10.0. The van der Waals surface area contributed by atoms with Crippen LogP contribution in [-0.2, 0) is 10.2 Å². The summed E-state index contributed by atoms with van der Waals surface area (Å²) in [6.07, 6.45) is 2.10. The number of benzene rings is 1. The molecule has 1 aromatic rings. The van der Waals surface area contributed by atoms with Crippen molar-refractivity contribution in [1.29, 1.82) is 0 Å². The second kappa shape index (κ2) is 4.09. The van der Waals surface area contributed by atoms with Crippen molar-refractivity contribution in [3.05, 3.63) is 35.9 Å². The molecule has 2 heteroatoms. The van der Waals surface area contributed by atoms with Crippen molar-refractivity contribution < 1.29 is 4.79 Å².